The summed E-state index contributed by atoms with van der Waals surface area (Å²) in [5.74, 6) is -0.310. The molecule has 0 spiro atoms. The predicted octanol–water partition coefficient (Wildman–Crippen LogP) is 4.91. The van der Waals surface area contributed by atoms with Crippen molar-refractivity contribution in [2.75, 3.05) is 0 Å². The maximum atomic E-state index is 12.7. The Kier molecular flexibility index (Phi) is 6.76. The van der Waals surface area contributed by atoms with Crippen LogP contribution < -0.4 is 0 Å². The van der Waals surface area contributed by atoms with Crippen molar-refractivity contribution in [2.24, 2.45) is 0 Å². The van der Waals surface area contributed by atoms with Gasteiger partial charge in [-0.3, -0.25) is 4.79 Å². The van der Waals surface area contributed by atoms with E-state index in [4.69, 9.17) is 0 Å². The Hall–Kier alpha value is -1.000. The molecule has 2 aromatic carbocycles. The third-order valence-electron chi connectivity index (χ3n) is 3.08. The number of hydrogen-bond acceptors (Lipinski definition) is 3. The topological polar surface area (TPSA) is 51.2 Å². The average molecular weight is 564 g/mol. The maximum Gasteiger partial charge on any atom is 0.200 e. The highest BCUT2D eigenvalue weighted by molar-refractivity contribution is 14.1. The van der Waals surface area contributed by atoms with Gasteiger partial charge in [0, 0.05) is 18.6 Å². The van der Waals surface area contributed by atoms with Crippen molar-refractivity contribution in [3.63, 3.8) is 0 Å². The fourth-order valence-electron chi connectivity index (χ4n) is 1.94. The summed E-state index contributed by atoms with van der Waals surface area (Å²) in [4.78, 5) is 11.5. The number of halogens is 2. The minimum Gasteiger partial charge on any atom is -0.295 e. The van der Waals surface area contributed by atoms with Gasteiger partial charge < -0.3 is 0 Å². The molecule has 2 aromatic rings. The standard InChI is InChI=1S/C18H14I2O3S/c1-13(21)12-18(15-4-8-17(20)9-5-15)24(22,23)11-10-14-2-6-16(19)7-3-14/h2-12H,1H3/b11-10?,18-12+. The molecule has 0 unspecified atom stereocenters. The quantitative estimate of drug-likeness (QED) is 0.384. The summed E-state index contributed by atoms with van der Waals surface area (Å²) in [6.07, 6.45) is 2.70. The molecule has 0 N–H and O–H groups in total. The molecule has 0 aliphatic rings. The van der Waals surface area contributed by atoms with E-state index in [9.17, 15) is 13.2 Å². The molecule has 0 fully saturated rings. The van der Waals surface area contributed by atoms with Crippen LogP contribution in [0.3, 0.4) is 0 Å². The summed E-state index contributed by atoms with van der Waals surface area (Å²) < 4.78 is 27.4. The fourth-order valence-corrected chi connectivity index (χ4v) is 3.94. The van der Waals surface area contributed by atoms with E-state index in [1.807, 2.05) is 36.4 Å². The van der Waals surface area contributed by atoms with Crippen molar-refractivity contribution in [2.45, 2.75) is 6.92 Å². The lowest BCUT2D eigenvalue weighted by molar-refractivity contribution is -0.112. The SMILES string of the molecule is CC(=O)/C=C(\c1ccc(I)cc1)S(=O)(=O)C=Cc1ccc(I)cc1. The monoisotopic (exact) mass is 564 g/mol. The van der Waals surface area contributed by atoms with Crippen LogP contribution in [0.5, 0.6) is 0 Å². The van der Waals surface area contributed by atoms with Gasteiger partial charge in [-0.2, -0.15) is 0 Å². The summed E-state index contributed by atoms with van der Waals surface area (Å²) in [7, 11) is -3.74. The van der Waals surface area contributed by atoms with Crippen molar-refractivity contribution >= 4 is 71.8 Å². The molecule has 0 amide bonds. The third-order valence-corrected chi connectivity index (χ3v) is 5.98. The molecule has 0 atom stereocenters. The smallest absolute Gasteiger partial charge is 0.200 e. The number of hydrogen-bond donors (Lipinski definition) is 0. The molecule has 24 heavy (non-hydrogen) atoms. The maximum absolute atomic E-state index is 12.7. The summed E-state index contributed by atoms with van der Waals surface area (Å²) in [6.45, 7) is 1.34. The normalized spacial score (nSPS) is 12.5. The van der Waals surface area contributed by atoms with E-state index in [1.54, 1.807) is 12.1 Å². The lowest BCUT2D eigenvalue weighted by Crippen LogP contribution is -2.02. The number of carbonyl (C=O) groups excluding carboxylic acids is 1. The highest BCUT2D eigenvalue weighted by Gasteiger charge is 2.17. The minimum absolute atomic E-state index is 0.00756. The summed E-state index contributed by atoms with van der Waals surface area (Å²) in [5, 5.41) is 1.14. The van der Waals surface area contributed by atoms with E-state index in [1.165, 1.54) is 13.0 Å². The molecular weight excluding hydrogens is 550 g/mol. The molecule has 0 aliphatic carbocycles. The van der Waals surface area contributed by atoms with Crippen molar-refractivity contribution in [3.05, 3.63) is 78.3 Å². The third kappa shape index (κ3) is 5.52. The van der Waals surface area contributed by atoms with Crippen LogP contribution in [0, 0.1) is 7.14 Å². The number of rotatable bonds is 5. The van der Waals surface area contributed by atoms with E-state index >= 15 is 0 Å². The average Bonchev–Trinajstić information content (AvgIpc) is 2.53. The van der Waals surface area contributed by atoms with Crippen LogP contribution in [0.25, 0.3) is 11.0 Å². The van der Waals surface area contributed by atoms with Crippen molar-refractivity contribution in [3.8, 4) is 0 Å². The Bertz CT molecular complexity index is 894. The van der Waals surface area contributed by atoms with E-state index in [2.05, 4.69) is 45.2 Å². The Morgan fingerprint density at radius 1 is 0.917 bits per heavy atom. The van der Waals surface area contributed by atoms with Gasteiger partial charge in [-0.05, 0) is 93.6 Å². The van der Waals surface area contributed by atoms with Crippen LogP contribution in [-0.2, 0) is 14.6 Å². The molecule has 0 heterocycles. The first-order valence-corrected chi connectivity index (χ1v) is 10.7. The lowest BCUT2D eigenvalue weighted by atomic mass is 10.2. The van der Waals surface area contributed by atoms with Crippen molar-refractivity contribution in [1.82, 2.24) is 0 Å². The number of allylic oxidation sites excluding steroid dienone is 1. The highest BCUT2D eigenvalue weighted by Crippen LogP contribution is 2.24. The minimum atomic E-state index is -3.74. The van der Waals surface area contributed by atoms with Crippen LogP contribution in [0.15, 0.2) is 60.0 Å². The second-order valence-electron chi connectivity index (χ2n) is 5.03. The Labute approximate surface area is 169 Å². The van der Waals surface area contributed by atoms with E-state index < -0.39 is 9.84 Å². The lowest BCUT2D eigenvalue weighted by Gasteiger charge is -2.06. The molecule has 0 aliphatic heterocycles. The number of ketones is 1. The van der Waals surface area contributed by atoms with Gasteiger partial charge >= 0.3 is 0 Å². The van der Waals surface area contributed by atoms with Gasteiger partial charge in [-0.1, -0.05) is 24.3 Å². The molecule has 0 radical (unpaired) electrons. The Balaban J connectivity index is 2.42. The molecule has 0 aromatic heterocycles. The summed E-state index contributed by atoms with van der Waals surface area (Å²) in [6, 6.07) is 14.5. The van der Waals surface area contributed by atoms with Crippen molar-refractivity contribution < 1.29 is 13.2 Å². The van der Waals surface area contributed by atoms with Gasteiger partial charge in [-0.25, -0.2) is 8.42 Å². The Morgan fingerprint density at radius 3 is 1.92 bits per heavy atom. The molecule has 3 nitrogen and oxygen atoms in total. The van der Waals surface area contributed by atoms with Gasteiger partial charge in [0.1, 0.15) is 0 Å². The molecule has 0 saturated heterocycles. The molecule has 6 heteroatoms. The summed E-state index contributed by atoms with van der Waals surface area (Å²) in [5.41, 5.74) is 1.28. The van der Waals surface area contributed by atoms with E-state index in [0.717, 1.165) is 24.2 Å². The first-order chi connectivity index (χ1) is 11.3. The number of carbonyl (C=O) groups is 1. The zero-order valence-corrected chi connectivity index (χ0v) is 17.9. The van der Waals surface area contributed by atoms with Crippen LogP contribution in [-0.4, -0.2) is 14.2 Å². The van der Waals surface area contributed by atoms with Crippen molar-refractivity contribution in [1.29, 1.82) is 0 Å². The predicted molar refractivity (Wildman–Crippen MR) is 115 cm³/mol. The zero-order chi connectivity index (χ0) is 17.7. The van der Waals surface area contributed by atoms with Crippen LogP contribution >= 0.6 is 45.2 Å². The molecular formula is C18H14I2O3S. The van der Waals surface area contributed by atoms with E-state index in [0.29, 0.717) is 5.56 Å². The molecule has 0 saturated carbocycles. The van der Waals surface area contributed by atoms with Crippen LogP contribution in [0.2, 0.25) is 0 Å². The highest BCUT2D eigenvalue weighted by atomic mass is 127. The van der Waals surface area contributed by atoms with Gasteiger partial charge in [0.15, 0.2) is 5.78 Å². The number of sulfone groups is 1. The summed E-state index contributed by atoms with van der Waals surface area (Å²) >= 11 is 4.33. The van der Waals surface area contributed by atoms with Crippen LogP contribution in [0.4, 0.5) is 0 Å². The first kappa shape index (κ1) is 19.3. The number of benzene rings is 2. The first-order valence-electron chi connectivity index (χ1n) is 6.95. The largest absolute Gasteiger partial charge is 0.295 e. The van der Waals surface area contributed by atoms with Crippen LogP contribution in [0.1, 0.15) is 18.1 Å². The van der Waals surface area contributed by atoms with Gasteiger partial charge in [0.2, 0.25) is 9.84 Å². The second kappa shape index (κ2) is 8.39. The molecule has 124 valence electrons. The van der Waals surface area contributed by atoms with E-state index in [-0.39, 0.29) is 10.7 Å². The molecule has 0 bridgehead atoms. The van der Waals surface area contributed by atoms with Gasteiger partial charge in [0.05, 0.1) is 4.91 Å². The zero-order valence-electron chi connectivity index (χ0n) is 12.7. The fraction of sp³-hybridized carbons (Fsp3) is 0.0556. The molecule has 2 rings (SSSR count). The van der Waals surface area contributed by atoms with Gasteiger partial charge in [0.25, 0.3) is 0 Å². The Morgan fingerprint density at radius 2 is 1.42 bits per heavy atom. The second-order valence-corrected chi connectivity index (χ2v) is 9.32. The van der Waals surface area contributed by atoms with Gasteiger partial charge in [-0.15, -0.1) is 0 Å².